The number of carbonyl (C=O) groups excluding carboxylic acids is 1. The van der Waals surface area contributed by atoms with Crippen LogP contribution in [-0.4, -0.2) is 22.6 Å². The fraction of sp³-hybridized carbons (Fsp3) is 0.312. The summed E-state index contributed by atoms with van der Waals surface area (Å²) in [7, 11) is 0. The van der Waals surface area contributed by atoms with E-state index in [1.54, 1.807) is 23.5 Å². The van der Waals surface area contributed by atoms with Crippen molar-refractivity contribution in [2.45, 2.75) is 25.4 Å². The molecular weight excluding hydrogens is 284 g/mol. The molecule has 0 saturated carbocycles. The summed E-state index contributed by atoms with van der Waals surface area (Å²) in [6.45, 7) is 1.29. The zero-order chi connectivity index (χ0) is 14.7. The summed E-state index contributed by atoms with van der Waals surface area (Å²) in [6, 6.07) is 9.18. The van der Waals surface area contributed by atoms with E-state index < -0.39 is 0 Å². The molecule has 0 bridgehead atoms. The second kappa shape index (κ2) is 6.18. The molecule has 5 heteroatoms. The van der Waals surface area contributed by atoms with E-state index in [2.05, 4.69) is 22.1 Å². The van der Waals surface area contributed by atoms with Crippen LogP contribution in [0.15, 0.2) is 41.1 Å². The standard InChI is InChI=1S/C16H18N2O2S/c19-14-5-3-12(4-6-14)10-17-16(20)18-8-1-2-15(18)13-7-9-21-11-13/h3-7,9,11,15,19H,1-2,8,10H2,(H,17,20). The number of carbonyl (C=O) groups is 1. The summed E-state index contributed by atoms with van der Waals surface area (Å²) in [5.74, 6) is 0.238. The van der Waals surface area contributed by atoms with Gasteiger partial charge in [0.05, 0.1) is 6.04 Å². The molecule has 2 aromatic rings. The molecule has 3 rings (SSSR count). The van der Waals surface area contributed by atoms with Crippen LogP contribution in [0.5, 0.6) is 5.75 Å². The summed E-state index contributed by atoms with van der Waals surface area (Å²) in [6.07, 6.45) is 2.08. The number of hydrogen-bond acceptors (Lipinski definition) is 3. The highest BCUT2D eigenvalue weighted by atomic mass is 32.1. The molecule has 4 nitrogen and oxygen atoms in total. The maximum atomic E-state index is 12.4. The van der Waals surface area contributed by atoms with E-state index in [-0.39, 0.29) is 17.8 Å². The lowest BCUT2D eigenvalue weighted by molar-refractivity contribution is 0.192. The first-order valence-corrected chi connectivity index (χ1v) is 8.03. The van der Waals surface area contributed by atoms with Crippen molar-refractivity contribution in [2.24, 2.45) is 0 Å². The van der Waals surface area contributed by atoms with Gasteiger partial charge in [-0.25, -0.2) is 4.79 Å². The predicted octanol–water partition coefficient (Wildman–Crippen LogP) is 3.50. The Labute approximate surface area is 128 Å². The van der Waals surface area contributed by atoms with Gasteiger partial charge in [-0.2, -0.15) is 11.3 Å². The van der Waals surface area contributed by atoms with Crippen molar-refractivity contribution in [3.63, 3.8) is 0 Å². The molecule has 1 fully saturated rings. The maximum Gasteiger partial charge on any atom is 0.318 e. The molecule has 1 aromatic heterocycles. The predicted molar refractivity (Wildman–Crippen MR) is 83.3 cm³/mol. The van der Waals surface area contributed by atoms with Gasteiger partial charge in [-0.05, 0) is 52.9 Å². The average molecular weight is 302 g/mol. The van der Waals surface area contributed by atoms with Crippen LogP contribution >= 0.6 is 11.3 Å². The topological polar surface area (TPSA) is 52.6 Å². The fourth-order valence-electron chi connectivity index (χ4n) is 2.71. The minimum Gasteiger partial charge on any atom is -0.508 e. The highest BCUT2D eigenvalue weighted by molar-refractivity contribution is 7.07. The monoisotopic (exact) mass is 302 g/mol. The van der Waals surface area contributed by atoms with Crippen LogP contribution in [0.3, 0.4) is 0 Å². The van der Waals surface area contributed by atoms with Crippen LogP contribution in [0, 0.1) is 0 Å². The van der Waals surface area contributed by atoms with E-state index in [0.717, 1.165) is 24.9 Å². The van der Waals surface area contributed by atoms with Gasteiger partial charge in [0.15, 0.2) is 0 Å². The van der Waals surface area contributed by atoms with Gasteiger partial charge in [0, 0.05) is 13.1 Å². The Balaban J connectivity index is 1.61. The number of hydrogen-bond donors (Lipinski definition) is 2. The van der Waals surface area contributed by atoms with Crippen LogP contribution in [0.4, 0.5) is 4.79 Å². The first-order chi connectivity index (χ1) is 10.2. The molecule has 1 unspecified atom stereocenters. The van der Waals surface area contributed by atoms with Gasteiger partial charge in [-0.1, -0.05) is 12.1 Å². The van der Waals surface area contributed by atoms with Gasteiger partial charge in [0.1, 0.15) is 5.75 Å². The van der Waals surface area contributed by atoms with Gasteiger partial charge in [-0.3, -0.25) is 0 Å². The lowest BCUT2D eigenvalue weighted by atomic mass is 10.1. The van der Waals surface area contributed by atoms with Crippen LogP contribution < -0.4 is 5.32 Å². The molecule has 0 aliphatic carbocycles. The van der Waals surface area contributed by atoms with E-state index in [9.17, 15) is 9.90 Å². The van der Waals surface area contributed by atoms with Crippen molar-refractivity contribution >= 4 is 17.4 Å². The third-order valence-electron chi connectivity index (χ3n) is 3.82. The van der Waals surface area contributed by atoms with E-state index in [1.165, 1.54) is 5.56 Å². The van der Waals surface area contributed by atoms with E-state index in [0.29, 0.717) is 6.54 Å². The number of aromatic hydroxyl groups is 1. The molecule has 2 amide bonds. The summed E-state index contributed by atoms with van der Waals surface area (Å²) in [4.78, 5) is 14.3. The third kappa shape index (κ3) is 3.19. The number of nitrogens with one attached hydrogen (secondary N) is 1. The van der Waals surface area contributed by atoms with Gasteiger partial charge < -0.3 is 15.3 Å². The Hall–Kier alpha value is -2.01. The van der Waals surface area contributed by atoms with Crippen molar-refractivity contribution in [2.75, 3.05) is 6.54 Å². The molecule has 1 aliphatic rings. The molecule has 1 saturated heterocycles. The number of phenols is 1. The lowest BCUT2D eigenvalue weighted by Gasteiger charge is -2.24. The van der Waals surface area contributed by atoms with Crippen molar-refractivity contribution in [1.82, 2.24) is 10.2 Å². The first kappa shape index (κ1) is 13.9. The van der Waals surface area contributed by atoms with E-state index in [1.807, 2.05) is 17.0 Å². The summed E-state index contributed by atoms with van der Waals surface area (Å²) in [5, 5.41) is 16.4. The molecule has 0 radical (unpaired) electrons. The number of urea groups is 1. The van der Waals surface area contributed by atoms with Crippen LogP contribution in [0.25, 0.3) is 0 Å². The fourth-order valence-corrected chi connectivity index (χ4v) is 3.42. The highest BCUT2D eigenvalue weighted by Gasteiger charge is 2.29. The normalized spacial score (nSPS) is 17.9. The molecule has 21 heavy (non-hydrogen) atoms. The van der Waals surface area contributed by atoms with E-state index >= 15 is 0 Å². The third-order valence-corrected chi connectivity index (χ3v) is 4.52. The van der Waals surface area contributed by atoms with Gasteiger partial charge in [0.2, 0.25) is 0 Å². The van der Waals surface area contributed by atoms with Crippen LogP contribution in [0.2, 0.25) is 0 Å². The maximum absolute atomic E-state index is 12.4. The van der Waals surface area contributed by atoms with Crippen molar-refractivity contribution in [3.05, 3.63) is 52.2 Å². The van der Waals surface area contributed by atoms with Crippen molar-refractivity contribution in [3.8, 4) is 5.75 Å². The summed E-state index contributed by atoms with van der Waals surface area (Å²) >= 11 is 1.67. The Morgan fingerprint density at radius 3 is 2.86 bits per heavy atom. The minimum atomic E-state index is -0.0169. The Kier molecular flexibility index (Phi) is 4.10. The van der Waals surface area contributed by atoms with Crippen molar-refractivity contribution < 1.29 is 9.90 Å². The van der Waals surface area contributed by atoms with Crippen molar-refractivity contribution in [1.29, 1.82) is 0 Å². The number of likely N-dealkylation sites (tertiary alicyclic amines) is 1. The van der Waals surface area contributed by atoms with Gasteiger partial charge >= 0.3 is 6.03 Å². The van der Waals surface area contributed by atoms with Crippen LogP contribution in [-0.2, 0) is 6.54 Å². The molecule has 1 aromatic carbocycles. The molecule has 2 heterocycles. The number of benzene rings is 1. The minimum absolute atomic E-state index is 0.0169. The Bertz CT molecular complexity index is 595. The quantitative estimate of drug-likeness (QED) is 0.911. The second-order valence-corrected chi connectivity index (χ2v) is 6.01. The van der Waals surface area contributed by atoms with Gasteiger partial charge in [0.25, 0.3) is 0 Å². The Morgan fingerprint density at radius 1 is 1.33 bits per heavy atom. The molecule has 1 atom stereocenters. The number of amides is 2. The zero-order valence-corrected chi connectivity index (χ0v) is 12.5. The largest absolute Gasteiger partial charge is 0.508 e. The molecule has 1 aliphatic heterocycles. The molecular formula is C16H18N2O2S. The number of thiophene rings is 1. The van der Waals surface area contributed by atoms with Gasteiger partial charge in [-0.15, -0.1) is 0 Å². The number of phenolic OH excluding ortho intramolecular Hbond substituents is 1. The Morgan fingerprint density at radius 2 is 2.14 bits per heavy atom. The lowest BCUT2D eigenvalue weighted by Crippen LogP contribution is -2.39. The molecule has 0 spiro atoms. The van der Waals surface area contributed by atoms with Crippen LogP contribution in [0.1, 0.15) is 30.0 Å². The summed E-state index contributed by atoms with van der Waals surface area (Å²) in [5.41, 5.74) is 2.21. The zero-order valence-electron chi connectivity index (χ0n) is 11.7. The molecule has 2 N–H and O–H groups in total. The summed E-state index contributed by atoms with van der Waals surface area (Å²) < 4.78 is 0. The second-order valence-electron chi connectivity index (χ2n) is 5.23. The smallest absolute Gasteiger partial charge is 0.318 e. The first-order valence-electron chi connectivity index (χ1n) is 7.08. The molecule has 110 valence electrons. The SMILES string of the molecule is O=C(NCc1ccc(O)cc1)N1CCCC1c1ccsc1. The number of rotatable bonds is 3. The van der Waals surface area contributed by atoms with E-state index in [4.69, 9.17) is 0 Å². The highest BCUT2D eigenvalue weighted by Crippen LogP contribution is 2.32. The average Bonchev–Trinajstić information content (AvgIpc) is 3.16. The number of nitrogens with zero attached hydrogens (tertiary/aromatic N) is 1.